The molecule has 0 amide bonds. The molecule has 0 N–H and O–H groups in total. The number of hydrogen-bond acceptors (Lipinski definition) is 2. The fraction of sp³-hybridized carbons (Fsp3) is 0.400. The van der Waals surface area contributed by atoms with Crippen LogP contribution in [0, 0.1) is 24.0 Å². The fourth-order valence-corrected chi connectivity index (χ4v) is 3.34. The lowest BCUT2D eigenvalue weighted by Gasteiger charge is -2.26. The summed E-state index contributed by atoms with van der Waals surface area (Å²) in [5.41, 5.74) is 1.30. The minimum absolute atomic E-state index is 0. The topological polar surface area (TPSA) is 0 Å². The molecule has 0 aliphatic carbocycles. The maximum Gasteiger partial charge on any atom is 0.172 e. The van der Waals surface area contributed by atoms with Gasteiger partial charge in [0, 0.05) is 17.1 Å². The molecule has 1 heterocycles. The van der Waals surface area contributed by atoms with Crippen LogP contribution in [0.4, 0.5) is 0 Å². The smallest absolute Gasteiger partial charge is 0.172 e. The van der Waals surface area contributed by atoms with E-state index in [1.165, 1.54) is 22.6 Å². The standard InChI is InChI=1S/C10H12NS2.BrH/c1-5-7-11(13-6-2)8-12-10(4)9(11)3;/h1-2H,7-8H2,3-4H3;1H/q+1;/p-1. The third-order valence-electron chi connectivity index (χ3n) is 2.18. The second-order valence-corrected chi connectivity index (χ2v) is 5.15. The first-order chi connectivity index (χ1) is 6.16. The lowest BCUT2D eigenvalue weighted by Crippen LogP contribution is -3.00. The Morgan fingerprint density at radius 1 is 1.50 bits per heavy atom. The summed E-state index contributed by atoms with van der Waals surface area (Å²) in [6, 6.07) is 0. The van der Waals surface area contributed by atoms with Gasteiger partial charge >= 0.3 is 0 Å². The van der Waals surface area contributed by atoms with E-state index in [1.54, 1.807) is 0 Å². The van der Waals surface area contributed by atoms with Gasteiger partial charge in [0.2, 0.25) is 0 Å². The lowest BCUT2D eigenvalue weighted by atomic mass is 10.4. The van der Waals surface area contributed by atoms with Crippen molar-refractivity contribution in [1.29, 1.82) is 0 Å². The Morgan fingerprint density at radius 2 is 2.14 bits per heavy atom. The van der Waals surface area contributed by atoms with E-state index in [0.29, 0.717) is 10.4 Å². The molecule has 1 unspecified atom stereocenters. The van der Waals surface area contributed by atoms with Crippen molar-refractivity contribution in [3.63, 3.8) is 0 Å². The number of allylic oxidation sites excluding steroid dienone is 2. The third-order valence-corrected chi connectivity index (χ3v) is 4.63. The molecule has 0 spiro atoms. The van der Waals surface area contributed by atoms with E-state index in [2.05, 4.69) is 25.0 Å². The summed E-state index contributed by atoms with van der Waals surface area (Å²) in [5.74, 6) is 3.65. The van der Waals surface area contributed by atoms with Gasteiger partial charge in [-0.15, -0.1) is 12.8 Å². The molecule has 1 aliphatic rings. The van der Waals surface area contributed by atoms with E-state index in [4.69, 9.17) is 12.8 Å². The summed E-state index contributed by atoms with van der Waals surface area (Å²) >= 11 is 3.30. The van der Waals surface area contributed by atoms with Crippen LogP contribution in [0.3, 0.4) is 0 Å². The maximum atomic E-state index is 5.35. The maximum absolute atomic E-state index is 5.35. The summed E-state index contributed by atoms with van der Waals surface area (Å²) in [6.07, 6.45) is 10.7. The zero-order chi connectivity index (χ0) is 9.90. The van der Waals surface area contributed by atoms with Crippen LogP contribution in [0.15, 0.2) is 10.6 Å². The molecule has 4 heteroatoms. The zero-order valence-electron chi connectivity index (χ0n) is 8.21. The van der Waals surface area contributed by atoms with Crippen molar-refractivity contribution in [2.24, 2.45) is 0 Å². The summed E-state index contributed by atoms with van der Waals surface area (Å²) in [7, 11) is 0. The van der Waals surface area contributed by atoms with Crippen LogP contribution in [0.2, 0.25) is 0 Å². The third kappa shape index (κ3) is 2.52. The number of quaternary nitrogens is 1. The van der Waals surface area contributed by atoms with Crippen LogP contribution >= 0.6 is 23.7 Å². The first kappa shape index (κ1) is 14.0. The van der Waals surface area contributed by atoms with Crippen LogP contribution in [0.1, 0.15) is 13.8 Å². The molecule has 0 aromatic heterocycles. The molecular weight excluding hydrogens is 278 g/mol. The van der Waals surface area contributed by atoms with Gasteiger partial charge in [-0.25, -0.2) is 3.89 Å². The lowest BCUT2D eigenvalue weighted by molar-refractivity contribution is -0.727. The van der Waals surface area contributed by atoms with E-state index in [1.807, 2.05) is 11.8 Å². The number of hydrogen-bond donors (Lipinski definition) is 0. The van der Waals surface area contributed by atoms with Crippen molar-refractivity contribution < 1.29 is 20.9 Å². The Hall–Kier alpha value is 0. The van der Waals surface area contributed by atoms with E-state index >= 15 is 0 Å². The predicted octanol–water partition coefficient (Wildman–Crippen LogP) is -0.365. The number of rotatable bonds is 2. The van der Waals surface area contributed by atoms with Crippen molar-refractivity contribution in [3.05, 3.63) is 10.6 Å². The first-order valence-electron chi connectivity index (χ1n) is 3.92. The Kier molecular flexibility index (Phi) is 5.78. The van der Waals surface area contributed by atoms with Crippen molar-refractivity contribution in [3.8, 4) is 24.0 Å². The van der Waals surface area contributed by atoms with Crippen molar-refractivity contribution >= 4 is 23.7 Å². The molecule has 76 valence electrons. The van der Waals surface area contributed by atoms with Gasteiger partial charge in [-0.2, -0.15) is 0 Å². The molecule has 0 radical (unpaired) electrons. The zero-order valence-corrected chi connectivity index (χ0v) is 11.4. The van der Waals surface area contributed by atoms with Gasteiger partial charge < -0.3 is 17.0 Å². The monoisotopic (exact) mass is 289 g/mol. The van der Waals surface area contributed by atoms with Crippen LogP contribution < -0.4 is 17.0 Å². The quantitative estimate of drug-likeness (QED) is 0.387. The molecule has 0 aromatic carbocycles. The molecule has 0 saturated heterocycles. The number of halogens is 1. The molecule has 1 atom stereocenters. The molecular formula is C10H12BrNS2. The average molecular weight is 290 g/mol. The van der Waals surface area contributed by atoms with Gasteiger partial charge in [-0.05, 0) is 12.8 Å². The van der Waals surface area contributed by atoms with E-state index in [9.17, 15) is 0 Å². The molecule has 1 rings (SSSR count). The Labute approximate surface area is 105 Å². The Bertz CT molecular complexity index is 306. The number of thioether (sulfide) groups is 1. The molecule has 14 heavy (non-hydrogen) atoms. The largest absolute Gasteiger partial charge is 1.00 e. The molecule has 0 bridgehead atoms. The second kappa shape index (κ2) is 5.78. The summed E-state index contributed by atoms with van der Waals surface area (Å²) < 4.78 is 0.698. The van der Waals surface area contributed by atoms with Crippen molar-refractivity contribution in [1.82, 2.24) is 0 Å². The second-order valence-electron chi connectivity index (χ2n) is 2.88. The number of nitrogens with zero attached hydrogens (tertiary/aromatic N) is 1. The highest BCUT2D eigenvalue weighted by molar-refractivity contribution is 8.04. The highest BCUT2D eigenvalue weighted by atomic mass is 79.9. The van der Waals surface area contributed by atoms with Gasteiger partial charge in [-0.1, -0.05) is 11.8 Å². The van der Waals surface area contributed by atoms with Gasteiger partial charge in [-0.3, -0.25) is 0 Å². The van der Waals surface area contributed by atoms with Crippen LogP contribution in [-0.2, 0) is 0 Å². The van der Waals surface area contributed by atoms with Gasteiger partial charge in [0.15, 0.2) is 18.5 Å². The van der Waals surface area contributed by atoms with Gasteiger partial charge in [0.25, 0.3) is 0 Å². The number of terminal acetylenes is 2. The average Bonchev–Trinajstić information content (AvgIpc) is 2.36. The van der Waals surface area contributed by atoms with Crippen molar-refractivity contribution in [2.75, 3.05) is 12.4 Å². The summed E-state index contributed by atoms with van der Waals surface area (Å²) in [4.78, 5) is 1.35. The van der Waals surface area contributed by atoms with Crippen molar-refractivity contribution in [2.45, 2.75) is 13.8 Å². The van der Waals surface area contributed by atoms with Crippen LogP contribution in [-0.4, -0.2) is 16.3 Å². The van der Waals surface area contributed by atoms with E-state index < -0.39 is 0 Å². The summed E-state index contributed by atoms with van der Waals surface area (Å²) in [6.45, 7) is 4.90. The van der Waals surface area contributed by atoms with Gasteiger partial charge in [0.1, 0.15) is 11.6 Å². The molecule has 1 nitrogen and oxygen atoms in total. The van der Waals surface area contributed by atoms with E-state index in [0.717, 1.165) is 5.88 Å². The molecule has 0 saturated carbocycles. The molecule has 1 aliphatic heterocycles. The minimum Gasteiger partial charge on any atom is -1.00 e. The highest BCUT2D eigenvalue weighted by Crippen LogP contribution is 2.43. The Balaban J connectivity index is 0.00000169. The fourth-order valence-electron chi connectivity index (χ4n) is 1.23. The SMILES string of the molecule is C#CC[N+]1(SC#C)CSC(C)=C1C.[Br-]. The first-order valence-corrected chi connectivity index (χ1v) is 5.68. The molecule has 0 aromatic rings. The Morgan fingerprint density at radius 3 is 2.50 bits per heavy atom. The normalized spacial score (nSPS) is 25.1. The van der Waals surface area contributed by atoms with Gasteiger partial charge in [0.05, 0.1) is 0 Å². The van der Waals surface area contributed by atoms with Crippen LogP contribution in [0.5, 0.6) is 0 Å². The summed E-state index contributed by atoms with van der Waals surface area (Å²) in [5, 5.41) is 2.63. The highest BCUT2D eigenvalue weighted by Gasteiger charge is 2.38. The van der Waals surface area contributed by atoms with Crippen LogP contribution in [0.25, 0.3) is 0 Å². The minimum atomic E-state index is 0. The van der Waals surface area contributed by atoms with E-state index in [-0.39, 0.29) is 17.0 Å². The predicted molar refractivity (Wildman–Crippen MR) is 61.2 cm³/mol. The molecule has 0 fully saturated rings.